The first-order valence-electron chi connectivity index (χ1n) is 11.4. The number of rotatable bonds is 4. The molecule has 0 aliphatic rings. The van der Waals surface area contributed by atoms with Crippen molar-refractivity contribution in [1.29, 1.82) is 0 Å². The van der Waals surface area contributed by atoms with Crippen molar-refractivity contribution < 1.29 is 9.30 Å². The number of fused-ring (bicyclic) bond motifs is 1. The van der Waals surface area contributed by atoms with Gasteiger partial charge in [-0.25, -0.2) is 4.98 Å². The first kappa shape index (κ1) is 21.9. The van der Waals surface area contributed by atoms with Crippen LogP contribution in [0.5, 0.6) is 11.5 Å². The summed E-state index contributed by atoms with van der Waals surface area (Å²) in [4.78, 5) is 9.54. The lowest BCUT2D eigenvalue weighted by Crippen LogP contribution is -2.27. The third-order valence-electron chi connectivity index (χ3n) is 6.11. The third kappa shape index (κ3) is 4.07. The zero-order valence-corrected chi connectivity index (χ0v) is 20.5. The molecule has 0 aliphatic carbocycles. The van der Waals surface area contributed by atoms with Gasteiger partial charge in [-0.1, -0.05) is 32.9 Å². The van der Waals surface area contributed by atoms with E-state index in [1.807, 2.05) is 78.2 Å². The van der Waals surface area contributed by atoms with Crippen LogP contribution in [0.2, 0.25) is 0 Å². The summed E-state index contributed by atoms with van der Waals surface area (Å²) in [7, 11) is 1.95. The molecule has 172 valence electrons. The lowest BCUT2D eigenvalue weighted by atomic mass is 9.87. The van der Waals surface area contributed by atoms with Gasteiger partial charge < -0.3 is 13.9 Å². The molecule has 5 aromatic rings. The van der Waals surface area contributed by atoms with Crippen molar-refractivity contribution >= 4 is 5.65 Å². The summed E-state index contributed by atoms with van der Waals surface area (Å²) in [5.41, 5.74) is 7.01. The average Bonchev–Trinajstić information content (AvgIpc) is 3.36. The first-order chi connectivity index (χ1) is 16.2. The van der Waals surface area contributed by atoms with Crippen LogP contribution in [-0.4, -0.2) is 18.9 Å². The van der Waals surface area contributed by atoms with Crippen molar-refractivity contribution in [1.82, 2.24) is 18.9 Å². The molecule has 0 unspecified atom stereocenters. The van der Waals surface area contributed by atoms with Gasteiger partial charge in [-0.2, -0.15) is 0 Å². The minimum atomic E-state index is 0.0237. The highest BCUT2D eigenvalue weighted by atomic mass is 16.5. The zero-order valence-electron chi connectivity index (χ0n) is 20.5. The van der Waals surface area contributed by atoms with Gasteiger partial charge in [-0.15, -0.1) is 0 Å². The number of benzene rings is 1. The molecule has 0 atom stereocenters. The lowest BCUT2D eigenvalue weighted by molar-refractivity contribution is -0.599. The van der Waals surface area contributed by atoms with E-state index < -0.39 is 0 Å². The standard InChI is InChI=1S/C28H29N5O/c1-19-20(2)33-17-24(34-23-9-7-8-22(15-23)32-13-12-31(6)18-32)16-25(27(33)30-19)26-14-21(10-11-29-26)28(3,4)5/h7-17H,1-6H3. The highest BCUT2D eigenvalue weighted by Crippen LogP contribution is 2.33. The van der Waals surface area contributed by atoms with Crippen LogP contribution in [0, 0.1) is 20.2 Å². The van der Waals surface area contributed by atoms with E-state index in [9.17, 15) is 0 Å². The van der Waals surface area contributed by atoms with Crippen LogP contribution in [-0.2, 0) is 12.5 Å². The monoisotopic (exact) mass is 451 g/mol. The number of pyridine rings is 2. The molecular formula is C28H29N5O. The van der Waals surface area contributed by atoms with Crippen LogP contribution in [0.25, 0.3) is 22.6 Å². The second kappa shape index (κ2) is 8.13. The predicted octanol–water partition coefficient (Wildman–Crippen LogP) is 5.52. The molecule has 0 bridgehead atoms. The van der Waals surface area contributed by atoms with Crippen molar-refractivity contribution in [2.45, 2.75) is 40.0 Å². The van der Waals surface area contributed by atoms with Crippen molar-refractivity contribution in [3.63, 3.8) is 0 Å². The molecule has 0 amide bonds. The maximum Gasteiger partial charge on any atom is 0.243 e. The number of hydrogen-bond acceptors (Lipinski definition) is 3. The molecule has 4 aromatic heterocycles. The van der Waals surface area contributed by atoms with Gasteiger partial charge in [0.25, 0.3) is 0 Å². The van der Waals surface area contributed by atoms with Gasteiger partial charge in [0, 0.05) is 29.8 Å². The van der Waals surface area contributed by atoms with Gasteiger partial charge in [0.15, 0.2) is 0 Å². The summed E-state index contributed by atoms with van der Waals surface area (Å²) < 4.78 is 12.3. The maximum absolute atomic E-state index is 6.37. The molecule has 0 aliphatic heterocycles. The van der Waals surface area contributed by atoms with E-state index in [0.29, 0.717) is 0 Å². The van der Waals surface area contributed by atoms with Crippen LogP contribution in [0.3, 0.4) is 0 Å². The van der Waals surface area contributed by atoms with Crippen LogP contribution >= 0.6 is 0 Å². The topological polar surface area (TPSA) is 48.2 Å². The Morgan fingerprint density at radius 3 is 2.59 bits per heavy atom. The largest absolute Gasteiger partial charge is 0.456 e. The summed E-state index contributed by atoms with van der Waals surface area (Å²) in [6.07, 6.45) is 11.0. The van der Waals surface area contributed by atoms with E-state index in [4.69, 9.17) is 14.7 Å². The van der Waals surface area contributed by atoms with Gasteiger partial charge in [0.05, 0.1) is 30.3 Å². The molecule has 0 radical (unpaired) electrons. The van der Waals surface area contributed by atoms with E-state index in [1.165, 1.54) is 5.56 Å². The summed E-state index contributed by atoms with van der Waals surface area (Å²) >= 11 is 0. The molecule has 6 nitrogen and oxygen atoms in total. The Kier molecular flexibility index (Phi) is 5.24. The fourth-order valence-corrected chi connectivity index (χ4v) is 4.01. The van der Waals surface area contributed by atoms with E-state index >= 15 is 0 Å². The Balaban J connectivity index is 1.61. The Morgan fingerprint density at radius 2 is 1.85 bits per heavy atom. The molecule has 34 heavy (non-hydrogen) atoms. The van der Waals surface area contributed by atoms with Crippen molar-refractivity contribution in [3.8, 4) is 28.4 Å². The zero-order chi connectivity index (χ0) is 24.0. The quantitative estimate of drug-likeness (QED) is 0.267. The van der Waals surface area contributed by atoms with E-state index in [1.54, 1.807) is 0 Å². The van der Waals surface area contributed by atoms with E-state index in [-0.39, 0.29) is 5.41 Å². The molecule has 0 saturated heterocycles. The summed E-state index contributed by atoms with van der Waals surface area (Å²) in [6, 6.07) is 14.2. The molecule has 1 aromatic carbocycles. The Hall–Kier alpha value is -3.93. The number of nitrogens with zero attached hydrogens (tertiary/aromatic N) is 5. The predicted molar refractivity (Wildman–Crippen MR) is 132 cm³/mol. The van der Waals surface area contributed by atoms with Crippen molar-refractivity contribution in [2.75, 3.05) is 0 Å². The fraction of sp³-hybridized carbons (Fsp3) is 0.250. The van der Waals surface area contributed by atoms with Crippen LogP contribution in [0.4, 0.5) is 0 Å². The number of ether oxygens (including phenoxy) is 1. The average molecular weight is 452 g/mol. The van der Waals surface area contributed by atoms with Gasteiger partial charge in [-0.3, -0.25) is 9.38 Å². The minimum Gasteiger partial charge on any atom is -0.456 e. The summed E-state index contributed by atoms with van der Waals surface area (Å²) in [5, 5.41) is 0. The van der Waals surface area contributed by atoms with Crippen molar-refractivity contribution in [2.24, 2.45) is 7.05 Å². The molecule has 5 rings (SSSR count). The second-order valence-corrected chi connectivity index (χ2v) is 9.72. The number of imidazole rings is 2. The number of aryl methyl sites for hydroxylation is 3. The summed E-state index contributed by atoms with van der Waals surface area (Å²) in [6.45, 7) is 10.7. The molecule has 0 saturated carbocycles. The van der Waals surface area contributed by atoms with Gasteiger partial charge >= 0.3 is 0 Å². The van der Waals surface area contributed by atoms with E-state index in [0.717, 1.165) is 45.5 Å². The van der Waals surface area contributed by atoms with Crippen LogP contribution in [0.1, 0.15) is 37.7 Å². The first-order valence-corrected chi connectivity index (χ1v) is 11.4. The van der Waals surface area contributed by atoms with Gasteiger partial charge in [-0.05, 0) is 55.2 Å². The van der Waals surface area contributed by atoms with Gasteiger partial charge in [0.2, 0.25) is 6.33 Å². The highest BCUT2D eigenvalue weighted by molar-refractivity contribution is 5.77. The summed E-state index contributed by atoms with van der Waals surface area (Å²) in [5.74, 6) is 1.48. The Labute approximate surface area is 200 Å². The molecular weight excluding hydrogens is 422 g/mol. The Bertz CT molecular complexity index is 1500. The highest BCUT2D eigenvalue weighted by Gasteiger charge is 2.18. The van der Waals surface area contributed by atoms with Crippen LogP contribution in [0.15, 0.2) is 67.3 Å². The molecule has 6 heteroatoms. The molecule has 0 fully saturated rings. The maximum atomic E-state index is 6.37. The Morgan fingerprint density at radius 1 is 1.03 bits per heavy atom. The lowest BCUT2D eigenvalue weighted by Gasteiger charge is -2.19. The minimum absolute atomic E-state index is 0.0237. The molecule has 0 N–H and O–H groups in total. The second-order valence-electron chi connectivity index (χ2n) is 9.72. The fourth-order valence-electron chi connectivity index (χ4n) is 4.01. The van der Waals surface area contributed by atoms with E-state index in [2.05, 4.69) is 50.6 Å². The molecule has 0 spiro atoms. The van der Waals surface area contributed by atoms with Gasteiger partial charge in [0.1, 0.15) is 17.1 Å². The third-order valence-corrected chi connectivity index (χ3v) is 6.11. The molecule has 4 heterocycles. The van der Waals surface area contributed by atoms with Crippen molar-refractivity contribution in [3.05, 3.63) is 90.5 Å². The number of hydrogen-bond donors (Lipinski definition) is 0. The smallest absolute Gasteiger partial charge is 0.243 e. The normalized spacial score (nSPS) is 11.8. The SMILES string of the molecule is Cc1nc2c(-c3cc(C(C)(C)C)ccn3)cc(Oc3cccc(-[n+]4[c-]n(C)cc4)c3)cn2c1C. The van der Waals surface area contributed by atoms with Crippen LogP contribution < -0.4 is 9.30 Å². The number of aromatic nitrogens is 5.